The third kappa shape index (κ3) is 7.97. The van der Waals surface area contributed by atoms with E-state index >= 15 is 0 Å². The minimum Gasteiger partial charge on any atom is -0.374 e. The molecule has 0 aromatic heterocycles. The van der Waals surface area contributed by atoms with Crippen molar-refractivity contribution in [2.24, 2.45) is 4.99 Å². The third-order valence-electron chi connectivity index (χ3n) is 3.60. The largest absolute Gasteiger partial charge is 0.374 e. The average molecular weight is 334 g/mol. The number of amides is 1. The Morgan fingerprint density at radius 3 is 2.50 bits per heavy atom. The smallest absolute Gasteiger partial charge is 0.223 e. The molecule has 0 fully saturated rings. The van der Waals surface area contributed by atoms with E-state index in [1.165, 1.54) is 5.56 Å². The van der Waals surface area contributed by atoms with Crippen LogP contribution in [0.15, 0.2) is 35.3 Å². The molecule has 0 saturated carbocycles. The predicted molar refractivity (Wildman–Crippen MR) is 98.1 cm³/mol. The molecule has 0 aliphatic carbocycles. The molecule has 0 saturated heterocycles. The van der Waals surface area contributed by atoms with Crippen molar-refractivity contribution in [2.75, 3.05) is 40.8 Å². The summed E-state index contributed by atoms with van der Waals surface area (Å²) < 4.78 is 5.83. The van der Waals surface area contributed by atoms with Gasteiger partial charge in [-0.15, -0.1) is 0 Å². The summed E-state index contributed by atoms with van der Waals surface area (Å²) in [4.78, 5) is 17.2. The number of aliphatic imine (C=N–C) groups is 1. The summed E-state index contributed by atoms with van der Waals surface area (Å²) in [5, 5.41) is 6.35. The molecule has 0 aliphatic rings. The van der Waals surface area contributed by atoms with Gasteiger partial charge in [-0.05, 0) is 18.9 Å². The number of guanidine groups is 1. The zero-order valence-electron chi connectivity index (χ0n) is 15.2. The Labute approximate surface area is 145 Å². The maximum Gasteiger partial charge on any atom is 0.223 e. The summed E-state index contributed by atoms with van der Waals surface area (Å²) in [5.41, 5.74) is 1.19. The van der Waals surface area contributed by atoms with Gasteiger partial charge < -0.3 is 20.3 Å². The van der Waals surface area contributed by atoms with E-state index in [0.29, 0.717) is 25.5 Å². The molecule has 0 heterocycles. The predicted octanol–water partition coefficient (Wildman–Crippen LogP) is 1.80. The first kappa shape index (κ1) is 20.0. The molecule has 134 valence electrons. The lowest BCUT2D eigenvalue weighted by Gasteiger charge is -2.15. The second kappa shape index (κ2) is 11.5. The highest BCUT2D eigenvalue weighted by Crippen LogP contribution is 2.15. The van der Waals surface area contributed by atoms with E-state index in [-0.39, 0.29) is 12.0 Å². The van der Waals surface area contributed by atoms with Crippen LogP contribution in [-0.2, 0) is 9.53 Å². The average Bonchev–Trinajstić information content (AvgIpc) is 2.60. The minimum absolute atomic E-state index is 0.0979. The summed E-state index contributed by atoms with van der Waals surface area (Å²) >= 11 is 0. The van der Waals surface area contributed by atoms with E-state index in [2.05, 4.69) is 34.7 Å². The molecular weight excluding hydrogens is 304 g/mol. The Morgan fingerprint density at radius 1 is 1.21 bits per heavy atom. The summed E-state index contributed by atoms with van der Waals surface area (Å²) in [6.45, 7) is 4.07. The van der Waals surface area contributed by atoms with Gasteiger partial charge in [0.15, 0.2) is 5.96 Å². The highest BCUT2D eigenvalue weighted by atomic mass is 16.5. The van der Waals surface area contributed by atoms with Crippen LogP contribution in [0.4, 0.5) is 0 Å². The highest BCUT2D eigenvalue weighted by Gasteiger charge is 2.05. The van der Waals surface area contributed by atoms with Crippen LogP contribution in [-0.4, -0.2) is 57.6 Å². The lowest BCUT2D eigenvalue weighted by molar-refractivity contribution is -0.128. The van der Waals surface area contributed by atoms with Gasteiger partial charge in [0.2, 0.25) is 5.91 Å². The number of ether oxygens (including phenoxy) is 1. The summed E-state index contributed by atoms with van der Waals surface area (Å²) in [5.74, 6) is 0.805. The molecule has 0 spiro atoms. The lowest BCUT2D eigenvalue weighted by atomic mass is 10.1. The van der Waals surface area contributed by atoms with Crippen molar-refractivity contribution in [3.8, 4) is 0 Å². The van der Waals surface area contributed by atoms with Crippen LogP contribution in [0.5, 0.6) is 0 Å². The van der Waals surface area contributed by atoms with Crippen molar-refractivity contribution in [2.45, 2.75) is 25.9 Å². The number of hydrogen-bond acceptors (Lipinski definition) is 3. The van der Waals surface area contributed by atoms with Gasteiger partial charge in [-0.1, -0.05) is 30.3 Å². The molecule has 1 rings (SSSR count). The molecule has 0 aliphatic heterocycles. The Balaban J connectivity index is 2.13. The molecule has 1 amide bonds. The number of hydrogen-bond donors (Lipinski definition) is 2. The number of benzene rings is 1. The lowest BCUT2D eigenvalue weighted by Crippen LogP contribution is -2.39. The van der Waals surface area contributed by atoms with Crippen LogP contribution in [0, 0.1) is 0 Å². The fourth-order valence-corrected chi connectivity index (χ4v) is 2.09. The van der Waals surface area contributed by atoms with Gasteiger partial charge >= 0.3 is 0 Å². The van der Waals surface area contributed by atoms with Gasteiger partial charge in [0.25, 0.3) is 0 Å². The Hall–Kier alpha value is -2.08. The first-order valence-corrected chi connectivity index (χ1v) is 8.35. The highest BCUT2D eigenvalue weighted by molar-refractivity contribution is 5.81. The molecule has 1 aromatic rings. The molecule has 0 bridgehead atoms. The maximum absolute atomic E-state index is 11.5. The Morgan fingerprint density at radius 2 is 1.88 bits per heavy atom. The van der Waals surface area contributed by atoms with E-state index in [0.717, 1.165) is 13.0 Å². The second-order valence-corrected chi connectivity index (χ2v) is 5.74. The van der Waals surface area contributed by atoms with Crippen LogP contribution < -0.4 is 10.6 Å². The number of nitrogens with one attached hydrogen (secondary N) is 2. The van der Waals surface area contributed by atoms with Crippen molar-refractivity contribution in [3.05, 3.63) is 35.9 Å². The molecule has 2 N–H and O–H groups in total. The van der Waals surface area contributed by atoms with Crippen LogP contribution in [0.1, 0.15) is 31.4 Å². The van der Waals surface area contributed by atoms with E-state index in [1.54, 1.807) is 26.0 Å². The molecule has 24 heavy (non-hydrogen) atoms. The van der Waals surface area contributed by atoms with Gasteiger partial charge in [-0.2, -0.15) is 0 Å². The van der Waals surface area contributed by atoms with Crippen LogP contribution in [0.3, 0.4) is 0 Å². The minimum atomic E-state index is 0.0979. The zero-order chi connectivity index (χ0) is 17.8. The van der Waals surface area contributed by atoms with Gasteiger partial charge in [-0.3, -0.25) is 9.79 Å². The van der Waals surface area contributed by atoms with Crippen molar-refractivity contribution in [3.63, 3.8) is 0 Å². The van der Waals surface area contributed by atoms with Crippen LogP contribution in [0.25, 0.3) is 0 Å². The molecule has 1 atom stereocenters. The van der Waals surface area contributed by atoms with Crippen molar-refractivity contribution in [1.82, 2.24) is 15.5 Å². The van der Waals surface area contributed by atoms with Gasteiger partial charge in [0.05, 0.1) is 6.10 Å². The van der Waals surface area contributed by atoms with Crippen LogP contribution in [0.2, 0.25) is 0 Å². The molecular formula is C18H30N4O2. The van der Waals surface area contributed by atoms with Crippen molar-refractivity contribution in [1.29, 1.82) is 0 Å². The van der Waals surface area contributed by atoms with E-state index in [9.17, 15) is 4.79 Å². The fraction of sp³-hybridized carbons (Fsp3) is 0.556. The monoisotopic (exact) mass is 334 g/mol. The first-order valence-electron chi connectivity index (χ1n) is 8.35. The van der Waals surface area contributed by atoms with E-state index < -0.39 is 0 Å². The number of carbonyl (C=O) groups is 1. The second-order valence-electron chi connectivity index (χ2n) is 5.74. The molecule has 0 radical (unpaired) electrons. The third-order valence-corrected chi connectivity index (χ3v) is 3.60. The molecule has 6 nitrogen and oxygen atoms in total. The van der Waals surface area contributed by atoms with Gasteiger partial charge in [-0.25, -0.2) is 0 Å². The normalized spacial score (nSPS) is 12.6. The molecule has 6 heteroatoms. The van der Waals surface area contributed by atoms with Gasteiger partial charge in [0, 0.05) is 47.3 Å². The van der Waals surface area contributed by atoms with E-state index in [4.69, 9.17) is 4.74 Å². The Kier molecular flexibility index (Phi) is 9.53. The van der Waals surface area contributed by atoms with E-state index in [1.807, 2.05) is 18.2 Å². The number of carbonyl (C=O) groups excluding carboxylic acids is 1. The molecule has 1 aromatic carbocycles. The molecule has 1 unspecified atom stereocenters. The quantitative estimate of drug-likeness (QED) is 0.411. The Bertz CT molecular complexity index is 503. The standard InChI is InChI=1S/C18H30N4O2/c1-15(16-9-6-5-7-10-16)24-14-8-12-20-18(19-2)21-13-11-17(23)22(3)4/h5-7,9-10,15H,8,11-14H2,1-4H3,(H2,19,20,21). The SMILES string of the molecule is CN=C(NCCCOC(C)c1ccccc1)NCCC(=O)N(C)C. The first-order chi connectivity index (χ1) is 11.5. The van der Waals surface area contributed by atoms with Crippen molar-refractivity contribution < 1.29 is 9.53 Å². The fourth-order valence-electron chi connectivity index (χ4n) is 2.09. The number of nitrogens with zero attached hydrogens (tertiary/aromatic N) is 2. The zero-order valence-corrected chi connectivity index (χ0v) is 15.2. The topological polar surface area (TPSA) is 66.0 Å². The number of rotatable bonds is 9. The summed E-state index contributed by atoms with van der Waals surface area (Å²) in [6, 6.07) is 10.2. The maximum atomic E-state index is 11.5. The van der Waals surface area contributed by atoms with Gasteiger partial charge in [0.1, 0.15) is 0 Å². The summed E-state index contributed by atoms with van der Waals surface area (Å²) in [7, 11) is 5.23. The van der Waals surface area contributed by atoms with Crippen molar-refractivity contribution >= 4 is 11.9 Å². The van der Waals surface area contributed by atoms with Crippen LogP contribution >= 0.6 is 0 Å². The summed E-state index contributed by atoms with van der Waals surface area (Å²) in [6.07, 6.45) is 1.43.